The molecule has 0 fully saturated rings. The highest BCUT2D eigenvalue weighted by Crippen LogP contribution is 2.35. The number of para-hydroxylation sites is 4. The summed E-state index contributed by atoms with van der Waals surface area (Å²) in [6.07, 6.45) is 0. The molecule has 2 N–H and O–H groups in total. The van der Waals surface area contributed by atoms with E-state index in [9.17, 15) is 8.42 Å². The smallest absolute Gasteiger partial charge is 0.329 e. The second-order valence-electron chi connectivity index (χ2n) is 8.55. The molecule has 1 atom stereocenters. The lowest BCUT2D eigenvalue weighted by Gasteiger charge is -2.23. The number of nitrogens with one attached hydrogen (secondary N) is 2. The highest BCUT2D eigenvalue weighted by atomic mass is 35.5. The largest absolute Gasteiger partial charge is 0.476 e. The fourth-order valence-corrected chi connectivity index (χ4v) is 4.98. The van der Waals surface area contributed by atoms with Crippen molar-refractivity contribution in [2.75, 3.05) is 30.2 Å². The highest BCUT2D eigenvalue weighted by molar-refractivity contribution is 7.92. The van der Waals surface area contributed by atoms with Gasteiger partial charge in [-0.25, -0.2) is 23.1 Å². The number of fused-ring (bicyclic) bond motifs is 1. The van der Waals surface area contributed by atoms with Crippen molar-refractivity contribution in [2.45, 2.75) is 10.9 Å². The van der Waals surface area contributed by atoms with Crippen LogP contribution in [0, 0.1) is 0 Å². The summed E-state index contributed by atoms with van der Waals surface area (Å²) < 4.78 is 39.2. The number of benzene rings is 3. The summed E-state index contributed by atoms with van der Waals surface area (Å²) >= 11 is 5.82. The Morgan fingerprint density at radius 1 is 0.923 bits per heavy atom. The van der Waals surface area contributed by atoms with Crippen LogP contribution in [0.4, 0.5) is 17.5 Å². The van der Waals surface area contributed by atoms with Gasteiger partial charge < -0.3 is 14.5 Å². The van der Waals surface area contributed by atoms with Crippen molar-refractivity contribution >= 4 is 50.2 Å². The Balaban J connectivity index is 1.56. The number of nitrogens with zero attached hydrogens (tertiary/aromatic N) is 5. The van der Waals surface area contributed by atoms with Crippen LogP contribution < -0.4 is 14.8 Å². The number of hydrogen-bond donors (Lipinski definition) is 2. The van der Waals surface area contributed by atoms with Gasteiger partial charge in [0.15, 0.2) is 11.9 Å². The van der Waals surface area contributed by atoms with E-state index in [2.05, 4.69) is 20.2 Å². The number of aromatic nitrogens is 4. The van der Waals surface area contributed by atoms with Gasteiger partial charge >= 0.3 is 6.01 Å². The van der Waals surface area contributed by atoms with Crippen LogP contribution in [-0.4, -0.2) is 53.6 Å². The lowest BCUT2D eigenvalue weighted by molar-refractivity contribution is 0.286. The molecule has 0 saturated heterocycles. The molecule has 0 radical (unpaired) electrons. The summed E-state index contributed by atoms with van der Waals surface area (Å²) in [5.74, 6) is 1.07. The molecule has 13 heteroatoms. The normalized spacial score (nSPS) is 12.4. The quantitative estimate of drug-likeness (QED) is 0.228. The third-order valence-corrected chi connectivity index (χ3v) is 7.12. The molecule has 0 aliphatic heterocycles. The van der Waals surface area contributed by atoms with Crippen LogP contribution in [0.2, 0.25) is 0 Å². The van der Waals surface area contributed by atoms with Crippen molar-refractivity contribution in [3.63, 3.8) is 0 Å². The molecule has 1 unspecified atom stereocenters. The zero-order valence-electron chi connectivity index (χ0n) is 20.9. The van der Waals surface area contributed by atoms with Gasteiger partial charge in [-0.3, -0.25) is 4.90 Å². The minimum absolute atomic E-state index is 0.0288. The Bertz CT molecular complexity index is 1700. The third-order valence-electron chi connectivity index (χ3n) is 5.67. The van der Waals surface area contributed by atoms with Gasteiger partial charge in [0.1, 0.15) is 17.5 Å². The van der Waals surface area contributed by atoms with Crippen LogP contribution in [0.1, 0.15) is 17.6 Å². The summed E-state index contributed by atoms with van der Waals surface area (Å²) in [4.78, 5) is 11.6. The van der Waals surface area contributed by atoms with Crippen molar-refractivity contribution in [3.8, 4) is 5.75 Å². The molecule has 0 aliphatic rings. The first kappa shape index (κ1) is 26.4. The predicted molar refractivity (Wildman–Crippen MR) is 148 cm³/mol. The van der Waals surface area contributed by atoms with E-state index in [1.165, 1.54) is 12.1 Å². The second-order valence-corrected chi connectivity index (χ2v) is 10.5. The Kier molecular flexibility index (Phi) is 7.59. The van der Waals surface area contributed by atoms with Crippen LogP contribution in [0.15, 0.2) is 88.2 Å². The summed E-state index contributed by atoms with van der Waals surface area (Å²) in [6, 6.07) is 21.7. The van der Waals surface area contributed by atoms with E-state index >= 15 is 0 Å². The van der Waals surface area contributed by atoms with Gasteiger partial charge in [-0.05, 0) is 50.5 Å². The van der Waals surface area contributed by atoms with E-state index in [0.29, 0.717) is 34.0 Å². The zero-order valence-corrected chi connectivity index (χ0v) is 22.5. The van der Waals surface area contributed by atoms with Crippen LogP contribution in [0.3, 0.4) is 0 Å². The van der Waals surface area contributed by atoms with Crippen LogP contribution in [0.25, 0.3) is 11.0 Å². The Morgan fingerprint density at radius 2 is 1.59 bits per heavy atom. The second kappa shape index (κ2) is 11.2. The van der Waals surface area contributed by atoms with Crippen LogP contribution >= 0.6 is 11.6 Å². The minimum Gasteiger partial charge on any atom is -0.476 e. The number of ether oxygens (including phenoxy) is 1. The molecule has 0 aliphatic carbocycles. The van der Waals surface area contributed by atoms with Gasteiger partial charge in [-0.15, -0.1) is 5.10 Å². The molecular formula is C26H24ClN7O4S. The summed E-state index contributed by atoms with van der Waals surface area (Å²) in [5, 5.41) is 11.4. The molecule has 3 aromatic carbocycles. The number of anilines is 3. The summed E-state index contributed by atoms with van der Waals surface area (Å²) in [6.45, 7) is 0. The Hall–Kier alpha value is -4.26. The van der Waals surface area contributed by atoms with Crippen LogP contribution in [-0.2, 0) is 10.0 Å². The predicted octanol–water partition coefficient (Wildman–Crippen LogP) is 4.78. The summed E-state index contributed by atoms with van der Waals surface area (Å²) in [7, 11) is -0.297. The average Bonchev–Trinajstić information content (AvgIpc) is 3.37. The molecule has 0 saturated carbocycles. The molecule has 200 valence electrons. The Morgan fingerprint density at radius 3 is 2.31 bits per heavy atom. The number of alkyl halides is 1. The van der Waals surface area contributed by atoms with Crippen molar-refractivity contribution in [2.24, 2.45) is 0 Å². The fraction of sp³-hybridized carbons (Fsp3) is 0.154. The molecule has 0 amide bonds. The van der Waals surface area contributed by atoms with Crippen molar-refractivity contribution in [1.29, 1.82) is 0 Å². The van der Waals surface area contributed by atoms with Gasteiger partial charge in [-0.2, -0.15) is 0 Å². The first-order valence-corrected chi connectivity index (χ1v) is 13.8. The topological polar surface area (TPSA) is 135 Å². The van der Waals surface area contributed by atoms with Gasteiger partial charge in [0.25, 0.3) is 10.0 Å². The molecule has 0 spiro atoms. The maximum atomic E-state index is 12.8. The lowest BCUT2D eigenvalue weighted by Crippen LogP contribution is -2.24. The number of sulfonamides is 1. The van der Waals surface area contributed by atoms with Gasteiger partial charge in [0.2, 0.25) is 5.89 Å². The van der Waals surface area contributed by atoms with E-state index in [0.717, 1.165) is 0 Å². The minimum atomic E-state index is -3.92. The van der Waals surface area contributed by atoms with Crippen molar-refractivity contribution in [3.05, 3.63) is 90.4 Å². The maximum Gasteiger partial charge on any atom is 0.329 e. The Labute approximate surface area is 229 Å². The first-order valence-electron chi connectivity index (χ1n) is 11.7. The molecular weight excluding hydrogens is 542 g/mol. The SMILES string of the molecule is CN(C)C(c1nnc(NS(=O)(=O)c2ccccc2)o1)c1nc2ccccc2nc1Nc1ccccc1OCCl. The fourth-order valence-electron chi connectivity index (χ4n) is 3.92. The molecule has 0 bridgehead atoms. The number of rotatable bonds is 10. The highest BCUT2D eigenvalue weighted by Gasteiger charge is 2.30. The number of halogens is 1. The molecule has 2 aromatic heterocycles. The van der Waals surface area contributed by atoms with E-state index < -0.39 is 16.1 Å². The van der Waals surface area contributed by atoms with Crippen molar-refractivity contribution in [1.82, 2.24) is 25.1 Å². The molecule has 2 heterocycles. The lowest BCUT2D eigenvalue weighted by atomic mass is 10.1. The van der Waals surface area contributed by atoms with E-state index in [-0.39, 0.29) is 22.9 Å². The van der Waals surface area contributed by atoms with E-state index in [1.807, 2.05) is 61.5 Å². The van der Waals surface area contributed by atoms with Gasteiger partial charge in [-0.1, -0.05) is 59.2 Å². The van der Waals surface area contributed by atoms with Crippen LogP contribution in [0.5, 0.6) is 5.75 Å². The molecule has 39 heavy (non-hydrogen) atoms. The monoisotopic (exact) mass is 565 g/mol. The van der Waals surface area contributed by atoms with Gasteiger partial charge in [0.05, 0.1) is 21.6 Å². The maximum absolute atomic E-state index is 12.8. The molecule has 5 rings (SSSR count). The molecule has 11 nitrogen and oxygen atoms in total. The standard InChI is InChI=1S/C26H24ClN7O4S/c1-34(2)23(25-31-32-26(38-25)33-39(35,36)17-10-4-3-5-11-17)22-24(29-19-13-7-6-12-18(19)28-22)30-20-14-8-9-15-21(20)37-16-27/h3-15,23H,16H2,1-2H3,(H,29,30)(H,32,33). The summed E-state index contributed by atoms with van der Waals surface area (Å²) in [5.41, 5.74) is 2.42. The van der Waals surface area contributed by atoms with E-state index in [1.54, 1.807) is 24.3 Å². The first-order chi connectivity index (χ1) is 18.9. The van der Waals surface area contributed by atoms with E-state index in [4.69, 9.17) is 30.7 Å². The molecule has 5 aromatic rings. The zero-order chi connectivity index (χ0) is 27.4. The van der Waals surface area contributed by atoms with Crippen molar-refractivity contribution < 1.29 is 17.6 Å². The third kappa shape index (κ3) is 5.77. The number of hydrogen-bond acceptors (Lipinski definition) is 10. The average molecular weight is 566 g/mol. The van der Waals surface area contributed by atoms with Gasteiger partial charge in [0, 0.05) is 0 Å².